The molecule has 1 aromatic heterocycles. The average Bonchev–Trinajstić information content (AvgIpc) is 3.17. The first kappa shape index (κ1) is 19.5. The van der Waals surface area contributed by atoms with E-state index in [0.29, 0.717) is 41.4 Å². The van der Waals surface area contributed by atoms with E-state index in [2.05, 4.69) is 29.4 Å². The molecule has 2 amide bonds. The zero-order chi connectivity index (χ0) is 19.2. The summed E-state index contributed by atoms with van der Waals surface area (Å²) in [6.07, 6.45) is 1.57. The summed E-state index contributed by atoms with van der Waals surface area (Å²) in [5, 5.41) is 6.21. The van der Waals surface area contributed by atoms with Crippen molar-refractivity contribution >= 4 is 29.3 Å². The summed E-state index contributed by atoms with van der Waals surface area (Å²) in [5.41, 5.74) is 0.958. The summed E-state index contributed by atoms with van der Waals surface area (Å²) in [5.74, 6) is 1.35. The number of hydrogen-bond donors (Lipinski definition) is 2. The minimum Gasteiger partial charge on any atom is -0.467 e. The Morgan fingerprint density at radius 2 is 2.04 bits per heavy atom. The highest BCUT2D eigenvalue weighted by molar-refractivity contribution is 8.00. The Kier molecular flexibility index (Phi) is 6.58. The number of thioether (sulfide) groups is 1. The summed E-state index contributed by atoms with van der Waals surface area (Å²) < 4.78 is 5.23. The summed E-state index contributed by atoms with van der Waals surface area (Å²) >= 11 is 1.94. The molecule has 144 valence electrons. The molecular weight excluding hydrogens is 362 g/mol. The van der Waals surface area contributed by atoms with E-state index in [0.717, 1.165) is 12.3 Å². The van der Waals surface area contributed by atoms with Crippen molar-refractivity contribution in [2.75, 3.05) is 24.2 Å². The van der Waals surface area contributed by atoms with Crippen molar-refractivity contribution in [1.82, 2.24) is 10.2 Å². The van der Waals surface area contributed by atoms with Gasteiger partial charge in [-0.25, -0.2) is 0 Å². The second-order valence-electron chi connectivity index (χ2n) is 6.64. The lowest BCUT2D eigenvalue weighted by Gasteiger charge is -2.36. The van der Waals surface area contributed by atoms with Gasteiger partial charge in [0.25, 0.3) is 5.91 Å². The second-order valence-corrected chi connectivity index (χ2v) is 8.13. The van der Waals surface area contributed by atoms with Gasteiger partial charge in [0, 0.05) is 23.6 Å². The number of benzene rings is 1. The summed E-state index contributed by atoms with van der Waals surface area (Å²) in [6, 6.07) is 11.0. The van der Waals surface area contributed by atoms with E-state index >= 15 is 0 Å². The van der Waals surface area contributed by atoms with Gasteiger partial charge in [-0.05, 0) is 31.2 Å². The van der Waals surface area contributed by atoms with E-state index < -0.39 is 0 Å². The summed E-state index contributed by atoms with van der Waals surface area (Å²) in [4.78, 5) is 27.2. The van der Waals surface area contributed by atoms with E-state index in [9.17, 15) is 9.59 Å². The number of para-hydroxylation sites is 1. The maximum atomic E-state index is 12.5. The fourth-order valence-electron chi connectivity index (χ4n) is 3.06. The Balaban J connectivity index is 1.61. The topological polar surface area (TPSA) is 74.6 Å². The monoisotopic (exact) mass is 387 g/mol. The molecule has 0 bridgehead atoms. The number of nitrogens with one attached hydrogen (secondary N) is 2. The molecule has 0 spiro atoms. The van der Waals surface area contributed by atoms with Crippen LogP contribution in [0.3, 0.4) is 0 Å². The molecule has 2 aromatic rings. The van der Waals surface area contributed by atoms with Crippen LogP contribution in [0.15, 0.2) is 47.1 Å². The molecule has 1 aliphatic heterocycles. The number of hydrogen-bond acceptors (Lipinski definition) is 5. The van der Waals surface area contributed by atoms with Crippen LogP contribution in [0.5, 0.6) is 0 Å². The lowest BCUT2D eigenvalue weighted by molar-refractivity contribution is -0.117. The van der Waals surface area contributed by atoms with Gasteiger partial charge in [-0.1, -0.05) is 19.1 Å². The Hall–Kier alpha value is -2.25. The van der Waals surface area contributed by atoms with Gasteiger partial charge < -0.3 is 15.1 Å². The number of amides is 2. The largest absolute Gasteiger partial charge is 0.467 e. The highest BCUT2D eigenvalue weighted by atomic mass is 32.2. The fraction of sp³-hybridized carbons (Fsp3) is 0.400. The van der Waals surface area contributed by atoms with E-state index in [1.165, 1.54) is 0 Å². The zero-order valence-electron chi connectivity index (χ0n) is 15.6. The number of furan rings is 1. The quantitative estimate of drug-likeness (QED) is 0.797. The third-order valence-corrected chi connectivity index (χ3v) is 6.15. The van der Waals surface area contributed by atoms with Gasteiger partial charge in [-0.15, -0.1) is 0 Å². The molecule has 6 nitrogen and oxygen atoms in total. The molecule has 1 fully saturated rings. The molecule has 1 saturated heterocycles. The number of carbonyl (C=O) groups excluding carboxylic acids is 2. The molecule has 2 N–H and O–H groups in total. The van der Waals surface area contributed by atoms with Gasteiger partial charge >= 0.3 is 0 Å². The van der Waals surface area contributed by atoms with Crippen LogP contribution in [0.4, 0.5) is 5.69 Å². The van der Waals surface area contributed by atoms with Crippen LogP contribution in [0.1, 0.15) is 30.0 Å². The fourth-order valence-corrected chi connectivity index (χ4v) is 4.22. The molecule has 1 aliphatic rings. The first-order chi connectivity index (χ1) is 13.0. The minimum atomic E-state index is -0.251. The zero-order valence-corrected chi connectivity index (χ0v) is 16.4. The molecule has 1 aromatic carbocycles. The molecule has 2 unspecified atom stereocenters. The standard InChI is InChI=1S/C20H25N3O3S/c1-14-15(2)27-11-9-23(14)13-19(24)22-18-8-4-3-7-17(18)20(25)21-12-16-6-5-10-26-16/h3-8,10,14-15H,9,11-13H2,1-2H3,(H,21,25)(H,22,24). The van der Waals surface area contributed by atoms with Crippen molar-refractivity contribution in [1.29, 1.82) is 0 Å². The van der Waals surface area contributed by atoms with Crippen molar-refractivity contribution in [2.24, 2.45) is 0 Å². The summed E-state index contributed by atoms with van der Waals surface area (Å²) in [7, 11) is 0. The Bertz CT molecular complexity index is 779. The average molecular weight is 388 g/mol. The van der Waals surface area contributed by atoms with Crippen LogP contribution in [-0.2, 0) is 11.3 Å². The molecule has 3 rings (SSSR count). The van der Waals surface area contributed by atoms with Gasteiger partial charge in [0.15, 0.2) is 0 Å². The lowest BCUT2D eigenvalue weighted by Crippen LogP contribution is -2.47. The van der Waals surface area contributed by atoms with Crippen LogP contribution in [0, 0.1) is 0 Å². The maximum Gasteiger partial charge on any atom is 0.253 e. The van der Waals surface area contributed by atoms with Crippen molar-refractivity contribution < 1.29 is 14.0 Å². The van der Waals surface area contributed by atoms with Crippen molar-refractivity contribution in [2.45, 2.75) is 31.7 Å². The van der Waals surface area contributed by atoms with Crippen LogP contribution >= 0.6 is 11.8 Å². The molecule has 27 heavy (non-hydrogen) atoms. The predicted molar refractivity (Wildman–Crippen MR) is 108 cm³/mol. The lowest BCUT2D eigenvalue weighted by atomic mass is 10.1. The van der Waals surface area contributed by atoms with E-state index in [4.69, 9.17) is 4.42 Å². The predicted octanol–water partition coefficient (Wildman–Crippen LogP) is 2.97. The van der Waals surface area contributed by atoms with Crippen LogP contribution in [0.25, 0.3) is 0 Å². The first-order valence-corrected chi connectivity index (χ1v) is 10.1. The third kappa shape index (κ3) is 5.14. The number of anilines is 1. The molecule has 0 radical (unpaired) electrons. The van der Waals surface area contributed by atoms with Gasteiger partial charge in [0.1, 0.15) is 5.76 Å². The second kappa shape index (κ2) is 9.10. The van der Waals surface area contributed by atoms with Crippen LogP contribution in [0.2, 0.25) is 0 Å². The van der Waals surface area contributed by atoms with E-state index in [1.807, 2.05) is 11.8 Å². The van der Waals surface area contributed by atoms with Crippen molar-refractivity contribution in [3.63, 3.8) is 0 Å². The van der Waals surface area contributed by atoms with Crippen LogP contribution < -0.4 is 10.6 Å². The SMILES string of the molecule is CC1SCCN(CC(=O)Nc2ccccc2C(=O)NCc2ccco2)C1C. The normalized spacial score (nSPS) is 20.2. The maximum absolute atomic E-state index is 12.5. The first-order valence-electron chi connectivity index (χ1n) is 9.09. The highest BCUT2D eigenvalue weighted by Crippen LogP contribution is 2.24. The molecule has 2 atom stereocenters. The molecule has 0 aliphatic carbocycles. The third-order valence-electron chi connectivity index (χ3n) is 4.81. The van der Waals surface area contributed by atoms with Gasteiger partial charge in [-0.3, -0.25) is 14.5 Å². The molecule has 2 heterocycles. The van der Waals surface area contributed by atoms with E-state index in [1.54, 1.807) is 42.7 Å². The number of carbonyl (C=O) groups is 2. The van der Waals surface area contributed by atoms with Gasteiger partial charge in [0.05, 0.1) is 30.6 Å². The van der Waals surface area contributed by atoms with Crippen molar-refractivity contribution in [3.8, 4) is 0 Å². The minimum absolute atomic E-state index is 0.104. The Labute approximate surface area is 163 Å². The number of nitrogens with zero attached hydrogens (tertiary/aromatic N) is 1. The van der Waals surface area contributed by atoms with Gasteiger partial charge in [-0.2, -0.15) is 11.8 Å². The molecular formula is C20H25N3O3S. The summed E-state index contributed by atoms with van der Waals surface area (Å²) in [6.45, 7) is 5.87. The molecule has 7 heteroatoms. The van der Waals surface area contributed by atoms with E-state index in [-0.39, 0.29) is 11.8 Å². The van der Waals surface area contributed by atoms with Crippen molar-refractivity contribution in [3.05, 3.63) is 54.0 Å². The Morgan fingerprint density at radius 3 is 2.81 bits per heavy atom. The smallest absolute Gasteiger partial charge is 0.253 e. The number of rotatable bonds is 6. The highest BCUT2D eigenvalue weighted by Gasteiger charge is 2.26. The molecule has 0 saturated carbocycles. The van der Waals surface area contributed by atoms with Crippen LogP contribution in [-0.4, -0.2) is 46.8 Å². The van der Waals surface area contributed by atoms with Gasteiger partial charge in [0.2, 0.25) is 5.91 Å². The Morgan fingerprint density at radius 1 is 1.22 bits per heavy atom.